The first kappa shape index (κ1) is 8.86. The van der Waals surface area contributed by atoms with Gasteiger partial charge in [0.1, 0.15) is 0 Å². The molecule has 0 saturated carbocycles. The molecule has 0 atom stereocenters. The van der Waals surface area contributed by atoms with Crippen molar-refractivity contribution in [3.05, 3.63) is 0 Å². The van der Waals surface area contributed by atoms with Gasteiger partial charge in [0, 0.05) is 14.2 Å². The third-order valence-corrected chi connectivity index (χ3v) is 3.17. The van der Waals surface area contributed by atoms with Crippen LogP contribution in [0.25, 0.3) is 0 Å². The second kappa shape index (κ2) is 3.80. The van der Waals surface area contributed by atoms with Crippen molar-refractivity contribution in [1.29, 1.82) is 5.26 Å². The normalized spacial score (nSPS) is 10.3. The lowest BCUT2D eigenvalue weighted by atomic mass is 11.5. The Morgan fingerprint density at radius 2 is 2.00 bits per heavy atom. The van der Waals surface area contributed by atoms with Gasteiger partial charge < -0.3 is 9.05 Å². The van der Waals surface area contributed by atoms with E-state index in [1.165, 1.54) is 14.2 Å². The van der Waals surface area contributed by atoms with Crippen molar-refractivity contribution < 1.29 is 9.05 Å². The van der Waals surface area contributed by atoms with Gasteiger partial charge in [-0.1, -0.05) is 0 Å². The van der Waals surface area contributed by atoms with Crippen LogP contribution >= 0.6 is 6.64 Å². The average Bonchev–Trinajstić information content (AvgIpc) is 1.89. The minimum Gasteiger partial charge on any atom is -0.317 e. The van der Waals surface area contributed by atoms with Gasteiger partial charge in [-0.05, 0) is 11.8 Å². The highest BCUT2D eigenvalue weighted by Gasteiger charge is 2.12. The number of nitrogens with zero attached hydrogens (tertiary/aromatic N) is 1. The maximum absolute atomic E-state index is 8.10. The van der Waals surface area contributed by atoms with E-state index in [-0.39, 0.29) is 0 Å². The van der Waals surface area contributed by atoms with E-state index < -0.39 is 6.64 Å². The molecule has 0 aromatic heterocycles. The summed E-state index contributed by atoms with van der Waals surface area (Å²) >= 11 is 4.74. The maximum atomic E-state index is 8.10. The molecule has 6 heteroatoms. The minimum absolute atomic E-state index is 1.40. The van der Waals surface area contributed by atoms with Crippen LogP contribution in [0.5, 0.6) is 0 Å². The highest BCUT2D eigenvalue weighted by atomic mass is 32.5. The predicted octanol–water partition coefficient (Wildman–Crippen LogP) is 0.574. The number of hydrogen-bond donors (Lipinski definition) is 1. The van der Waals surface area contributed by atoms with Crippen molar-refractivity contribution in [3.63, 3.8) is 0 Å². The summed E-state index contributed by atoms with van der Waals surface area (Å²) in [7, 11) is 2.79. The Labute approximate surface area is 59.0 Å². The summed E-state index contributed by atoms with van der Waals surface area (Å²) in [5.41, 5.74) is 0. The van der Waals surface area contributed by atoms with Gasteiger partial charge in [0.05, 0.1) is 0 Å². The van der Waals surface area contributed by atoms with E-state index in [9.17, 15) is 0 Å². The van der Waals surface area contributed by atoms with Crippen LogP contribution in [0.15, 0.2) is 0 Å². The van der Waals surface area contributed by atoms with Crippen LogP contribution in [0.4, 0.5) is 0 Å². The van der Waals surface area contributed by atoms with E-state index in [0.717, 1.165) is 0 Å². The summed E-state index contributed by atoms with van der Waals surface area (Å²) in [4.78, 5) is 0. The van der Waals surface area contributed by atoms with Crippen molar-refractivity contribution in [1.82, 2.24) is 5.09 Å². The molecule has 0 radical (unpaired) electrons. The fourth-order valence-electron chi connectivity index (χ4n) is 0.227. The molecule has 9 heavy (non-hydrogen) atoms. The molecule has 0 saturated heterocycles. The number of nitrogens with one attached hydrogen (secondary N) is 1. The van der Waals surface area contributed by atoms with Crippen LogP contribution in [-0.2, 0) is 20.9 Å². The SMILES string of the molecule is COP(=S)(NC#N)OC. The lowest BCUT2D eigenvalue weighted by molar-refractivity contribution is 0.332. The first-order chi connectivity index (χ1) is 4.18. The molecule has 0 bridgehead atoms. The summed E-state index contributed by atoms with van der Waals surface area (Å²) < 4.78 is 9.39. The summed E-state index contributed by atoms with van der Waals surface area (Å²) in [6.45, 7) is -2.46. The van der Waals surface area contributed by atoms with Crippen LogP contribution < -0.4 is 5.09 Å². The summed E-state index contributed by atoms with van der Waals surface area (Å²) in [6, 6.07) is 0. The van der Waals surface area contributed by atoms with Gasteiger partial charge in [-0.2, -0.15) is 5.26 Å². The molecule has 0 aromatic carbocycles. The largest absolute Gasteiger partial charge is 0.317 e. The van der Waals surface area contributed by atoms with Gasteiger partial charge in [0.15, 0.2) is 6.19 Å². The second-order valence-corrected chi connectivity index (χ2v) is 4.48. The standard InChI is InChI=1S/C3H7N2O2PS/c1-6-8(9,7-2)5-3-4/h1-2H3,(H,5,9). The molecular formula is C3H7N2O2PS. The van der Waals surface area contributed by atoms with Gasteiger partial charge in [-0.15, -0.1) is 0 Å². The molecule has 0 heterocycles. The fraction of sp³-hybridized carbons (Fsp3) is 0.667. The summed E-state index contributed by atoms with van der Waals surface area (Å²) in [6.07, 6.45) is 1.66. The Hall–Kier alpha value is -0.140. The maximum Gasteiger partial charge on any atom is 0.295 e. The monoisotopic (exact) mass is 166 g/mol. The Morgan fingerprint density at radius 3 is 2.11 bits per heavy atom. The van der Waals surface area contributed by atoms with Crippen molar-refractivity contribution in [2.24, 2.45) is 0 Å². The van der Waals surface area contributed by atoms with Crippen molar-refractivity contribution in [2.75, 3.05) is 14.2 Å². The summed E-state index contributed by atoms with van der Waals surface area (Å²) in [5, 5.41) is 10.3. The minimum atomic E-state index is -2.46. The van der Waals surface area contributed by atoms with Crippen LogP contribution in [0.3, 0.4) is 0 Å². The van der Waals surface area contributed by atoms with Gasteiger partial charge in [-0.3, -0.25) is 5.09 Å². The lowest BCUT2D eigenvalue weighted by Gasteiger charge is -2.13. The average molecular weight is 166 g/mol. The Morgan fingerprint density at radius 1 is 1.56 bits per heavy atom. The zero-order chi connectivity index (χ0) is 7.33. The van der Waals surface area contributed by atoms with E-state index in [1.54, 1.807) is 6.19 Å². The zero-order valence-corrected chi connectivity index (χ0v) is 6.83. The molecule has 0 unspecified atom stereocenters. The molecule has 0 aliphatic rings. The molecule has 0 rings (SSSR count). The number of hydrogen-bond acceptors (Lipinski definition) is 4. The molecule has 0 aliphatic carbocycles. The summed E-state index contributed by atoms with van der Waals surface area (Å²) in [5.74, 6) is 0. The predicted molar refractivity (Wildman–Crippen MR) is 37.1 cm³/mol. The third kappa shape index (κ3) is 2.78. The number of rotatable bonds is 3. The van der Waals surface area contributed by atoms with Crippen LogP contribution in [0.2, 0.25) is 0 Å². The van der Waals surface area contributed by atoms with Crippen molar-refractivity contribution >= 4 is 18.4 Å². The van der Waals surface area contributed by atoms with E-state index in [4.69, 9.17) is 26.1 Å². The molecule has 1 N–H and O–H groups in total. The van der Waals surface area contributed by atoms with Gasteiger partial charge >= 0.3 is 0 Å². The second-order valence-electron chi connectivity index (χ2n) is 1.09. The number of nitriles is 1. The van der Waals surface area contributed by atoms with Gasteiger partial charge in [0.2, 0.25) is 0 Å². The van der Waals surface area contributed by atoms with Crippen molar-refractivity contribution in [2.45, 2.75) is 0 Å². The topological polar surface area (TPSA) is 54.3 Å². The van der Waals surface area contributed by atoms with Gasteiger partial charge in [0.25, 0.3) is 6.64 Å². The van der Waals surface area contributed by atoms with E-state index in [1.807, 2.05) is 0 Å². The molecular weight excluding hydrogens is 159 g/mol. The van der Waals surface area contributed by atoms with Crippen molar-refractivity contribution in [3.8, 4) is 6.19 Å². The first-order valence-electron chi connectivity index (χ1n) is 2.06. The molecule has 0 aromatic rings. The van der Waals surface area contributed by atoms with Gasteiger partial charge in [-0.25, -0.2) is 0 Å². The third-order valence-electron chi connectivity index (χ3n) is 0.668. The van der Waals surface area contributed by atoms with Crippen LogP contribution in [-0.4, -0.2) is 14.2 Å². The smallest absolute Gasteiger partial charge is 0.295 e. The van der Waals surface area contributed by atoms with E-state index in [0.29, 0.717) is 0 Å². The quantitative estimate of drug-likeness (QED) is 0.377. The highest BCUT2D eigenvalue weighted by Crippen LogP contribution is 2.40. The molecule has 0 fully saturated rings. The van der Waals surface area contributed by atoms with Crippen LogP contribution in [0, 0.1) is 11.5 Å². The Kier molecular flexibility index (Phi) is 3.75. The molecule has 4 nitrogen and oxygen atoms in total. The molecule has 52 valence electrons. The molecule has 0 spiro atoms. The molecule has 0 aliphatic heterocycles. The zero-order valence-electron chi connectivity index (χ0n) is 5.12. The van der Waals surface area contributed by atoms with E-state index in [2.05, 4.69) is 5.09 Å². The highest BCUT2D eigenvalue weighted by molar-refractivity contribution is 8.09. The Balaban J connectivity index is 3.98. The first-order valence-corrected chi connectivity index (χ1v) is 4.70. The molecule has 0 amide bonds. The van der Waals surface area contributed by atoms with E-state index >= 15 is 0 Å². The fourth-order valence-corrected chi connectivity index (χ4v) is 0.804. The van der Waals surface area contributed by atoms with Crippen LogP contribution in [0.1, 0.15) is 0 Å². The lowest BCUT2D eigenvalue weighted by Crippen LogP contribution is -2.04. The Bertz CT molecular complexity index is 158.